The van der Waals surface area contributed by atoms with Crippen molar-refractivity contribution in [3.63, 3.8) is 0 Å². The van der Waals surface area contributed by atoms with Gasteiger partial charge in [0.2, 0.25) is 5.91 Å². The minimum Gasteiger partial charge on any atom is -0.409 e. The number of carbonyl (C=O) groups is 1. The van der Waals surface area contributed by atoms with Gasteiger partial charge in [-0.2, -0.15) is 0 Å². The van der Waals surface area contributed by atoms with Crippen LogP contribution in [0.3, 0.4) is 0 Å². The van der Waals surface area contributed by atoms with E-state index in [4.69, 9.17) is 16.7 Å². The zero-order valence-electron chi connectivity index (χ0n) is 11.5. The minimum absolute atomic E-state index is 0.0133. The van der Waals surface area contributed by atoms with Crippen LogP contribution in [-0.2, 0) is 4.79 Å². The normalized spacial score (nSPS) is 13.1. The fourth-order valence-electron chi connectivity index (χ4n) is 1.94. The average molecular weight is 278 g/mol. The summed E-state index contributed by atoms with van der Waals surface area (Å²) in [5.74, 6) is -0.0928. The van der Waals surface area contributed by atoms with E-state index in [2.05, 4.69) is 10.5 Å². The lowest BCUT2D eigenvalue weighted by molar-refractivity contribution is -0.118. The molecule has 1 amide bonds. The molecule has 0 spiro atoms. The van der Waals surface area contributed by atoms with Gasteiger partial charge in [-0.3, -0.25) is 4.79 Å². The van der Waals surface area contributed by atoms with E-state index < -0.39 is 0 Å². The van der Waals surface area contributed by atoms with Crippen LogP contribution >= 0.6 is 0 Å². The summed E-state index contributed by atoms with van der Waals surface area (Å²) in [5, 5.41) is 15.1. The lowest BCUT2D eigenvalue weighted by Crippen LogP contribution is -2.27. The lowest BCUT2D eigenvalue weighted by atomic mass is 10.0. The molecular weight excluding hydrogens is 256 g/mol. The van der Waals surface area contributed by atoms with E-state index in [1.807, 2.05) is 30.3 Å². The molecule has 1 aromatic rings. The maximum absolute atomic E-state index is 10.6. The Morgan fingerprint density at radius 2 is 1.95 bits per heavy atom. The second-order valence-corrected chi connectivity index (χ2v) is 4.64. The molecule has 0 aromatic heterocycles. The molecule has 110 valence electrons. The van der Waals surface area contributed by atoms with Gasteiger partial charge in [-0.05, 0) is 24.9 Å². The number of hydrogen-bond acceptors (Lipinski definition) is 4. The number of rotatable bonds is 9. The summed E-state index contributed by atoms with van der Waals surface area (Å²) in [6.45, 7) is 0.742. The van der Waals surface area contributed by atoms with E-state index in [1.165, 1.54) is 0 Å². The Balaban J connectivity index is 2.49. The van der Waals surface area contributed by atoms with Crippen LogP contribution < -0.4 is 16.8 Å². The zero-order chi connectivity index (χ0) is 14.8. The fourth-order valence-corrected chi connectivity index (χ4v) is 1.94. The van der Waals surface area contributed by atoms with Gasteiger partial charge < -0.3 is 22.0 Å². The number of benzene rings is 1. The van der Waals surface area contributed by atoms with Gasteiger partial charge in [0.15, 0.2) is 0 Å². The van der Waals surface area contributed by atoms with Crippen molar-refractivity contribution in [2.75, 3.05) is 6.54 Å². The van der Waals surface area contributed by atoms with Gasteiger partial charge in [0.25, 0.3) is 0 Å². The van der Waals surface area contributed by atoms with E-state index >= 15 is 0 Å². The Kier molecular flexibility index (Phi) is 7.13. The van der Waals surface area contributed by atoms with Gasteiger partial charge in [-0.25, -0.2) is 0 Å². The molecular formula is C14H22N4O2. The first kappa shape index (κ1) is 16.0. The molecule has 6 N–H and O–H groups in total. The van der Waals surface area contributed by atoms with E-state index in [0.29, 0.717) is 12.8 Å². The molecule has 1 aromatic carbocycles. The SMILES string of the molecule is NC(=O)CCCCNC(C/C(N)=N/O)c1ccccc1. The molecule has 1 atom stereocenters. The number of nitrogens with zero attached hydrogens (tertiary/aromatic N) is 1. The maximum Gasteiger partial charge on any atom is 0.217 e. The Morgan fingerprint density at radius 1 is 1.25 bits per heavy atom. The molecule has 6 heteroatoms. The number of amidine groups is 1. The van der Waals surface area contributed by atoms with Crippen LogP contribution in [0.1, 0.15) is 37.3 Å². The van der Waals surface area contributed by atoms with Crippen LogP contribution in [-0.4, -0.2) is 23.5 Å². The summed E-state index contributed by atoms with van der Waals surface area (Å²) in [6.07, 6.45) is 2.43. The molecule has 0 aliphatic heterocycles. The van der Waals surface area contributed by atoms with Gasteiger partial charge in [0.05, 0.1) is 0 Å². The van der Waals surface area contributed by atoms with Gasteiger partial charge in [0.1, 0.15) is 5.84 Å². The number of oxime groups is 1. The number of unbranched alkanes of at least 4 members (excludes halogenated alkanes) is 1. The van der Waals surface area contributed by atoms with Crippen molar-refractivity contribution in [2.45, 2.75) is 31.7 Å². The molecule has 20 heavy (non-hydrogen) atoms. The van der Waals surface area contributed by atoms with E-state index in [9.17, 15) is 4.79 Å². The highest BCUT2D eigenvalue weighted by atomic mass is 16.4. The number of nitrogens with one attached hydrogen (secondary N) is 1. The summed E-state index contributed by atoms with van der Waals surface area (Å²) < 4.78 is 0. The lowest BCUT2D eigenvalue weighted by Gasteiger charge is -2.18. The molecule has 0 radical (unpaired) electrons. The van der Waals surface area contributed by atoms with Gasteiger partial charge in [-0.15, -0.1) is 0 Å². The van der Waals surface area contributed by atoms with Crippen LogP contribution in [0.25, 0.3) is 0 Å². The Labute approximate surface area is 118 Å². The quantitative estimate of drug-likeness (QED) is 0.178. The average Bonchev–Trinajstić information content (AvgIpc) is 2.46. The van der Waals surface area contributed by atoms with Crippen molar-refractivity contribution in [2.24, 2.45) is 16.6 Å². The first-order valence-electron chi connectivity index (χ1n) is 6.66. The van der Waals surface area contributed by atoms with E-state index in [0.717, 1.165) is 24.9 Å². The molecule has 0 saturated heterocycles. The Hall–Kier alpha value is -2.08. The van der Waals surface area contributed by atoms with Crippen LogP contribution in [0.2, 0.25) is 0 Å². The summed E-state index contributed by atoms with van der Waals surface area (Å²) in [4.78, 5) is 10.6. The van der Waals surface area contributed by atoms with Crippen molar-refractivity contribution >= 4 is 11.7 Å². The molecule has 6 nitrogen and oxygen atoms in total. The van der Waals surface area contributed by atoms with Crippen LogP contribution in [0.5, 0.6) is 0 Å². The highest BCUT2D eigenvalue weighted by Crippen LogP contribution is 2.16. The van der Waals surface area contributed by atoms with Crippen molar-refractivity contribution in [1.82, 2.24) is 5.32 Å². The summed E-state index contributed by atoms with van der Waals surface area (Å²) in [5.41, 5.74) is 11.7. The largest absolute Gasteiger partial charge is 0.409 e. The van der Waals surface area contributed by atoms with Crippen LogP contribution in [0.4, 0.5) is 0 Å². The number of carbonyl (C=O) groups excluding carboxylic acids is 1. The third kappa shape index (κ3) is 6.19. The second kappa shape index (κ2) is 8.92. The molecule has 1 unspecified atom stereocenters. The first-order valence-corrected chi connectivity index (χ1v) is 6.66. The Morgan fingerprint density at radius 3 is 2.55 bits per heavy atom. The molecule has 0 aliphatic rings. The van der Waals surface area contributed by atoms with Crippen LogP contribution in [0.15, 0.2) is 35.5 Å². The molecule has 0 bridgehead atoms. The standard InChI is InChI=1S/C14H22N4O2/c15-13(18-20)10-12(11-6-2-1-3-7-11)17-9-5-4-8-14(16)19/h1-3,6-7,12,17,20H,4-5,8-10H2,(H2,15,18)(H2,16,19). The van der Waals surface area contributed by atoms with Crippen molar-refractivity contribution in [1.29, 1.82) is 0 Å². The first-order chi connectivity index (χ1) is 9.63. The number of nitrogens with two attached hydrogens (primary N) is 2. The summed E-state index contributed by atoms with van der Waals surface area (Å²) >= 11 is 0. The minimum atomic E-state index is -0.277. The summed E-state index contributed by atoms with van der Waals surface area (Å²) in [7, 11) is 0. The number of hydrogen-bond donors (Lipinski definition) is 4. The van der Waals surface area contributed by atoms with E-state index in [-0.39, 0.29) is 17.8 Å². The highest BCUT2D eigenvalue weighted by Gasteiger charge is 2.12. The maximum atomic E-state index is 10.6. The molecule has 1 rings (SSSR count). The predicted octanol–water partition coefficient (Wildman–Crippen LogP) is 1.11. The fraction of sp³-hybridized carbons (Fsp3) is 0.429. The van der Waals surface area contributed by atoms with E-state index in [1.54, 1.807) is 0 Å². The van der Waals surface area contributed by atoms with Gasteiger partial charge in [-0.1, -0.05) is 35.5 Å². The molecule has 0 aliphatic carbocycles. The monoisotopic (exact) mass is 278 g/mol. The molecule has 0 fully saturated rings. The molecule has 0 heterocycles. The third-order valence-electron chi connectivity index (χ3n) is 2.98. The third-order valence-corrected chi connectivity index (χ3v) is 2.98. The predicted molar refractivity (Wildman–Crippen MR) is 78.3 cm³/mol. The Bertz CT molecular complexity index is 434. The number of amides is 1. The topological polar surface area (TPSA) is 114 Å². The molecule has 0 saturated carbocycles. The van der Waals surface area contributed by atoms with Gasteiger partial charge >= 0.3 is 0 Å². The van der Waals surface area contributed by atoms with Crippen molar-refractivity contribution in [3.05, 3.63) is 35.9 Å². The smallest absolute Gasteiger partial charge is 0.217 e. The zero-order valence-corrected chi connectivity index (χ0v) is 11.5. The van der Waals surface area contributed by atoms with Crippen molar-refractivity contribution < 1.29 is 10.0 Å². The second-order valence-electron chi connectivity index (χ2n) is 4.64. The van der Waals surface area contributed by atoms with Crippen LogP contribution in [0, 0.1) is 0 Å². The number of primary amides is 1. The van der Waals surface area contributed by atoms with Gasteiger partial charge in [0, 0.05) is 18.9 Å². The highest BCUT2D eigenvalue weighted by molar-refractivity contribution is 5.80. The summed E-state index contributed by atoms with van der Waals surface area (Å²) in [6, 6.07) is 9.81. The van der Waals surface area contributed by atoms with Crippen molar-refractivity contribution in [3.8, 4) is 0 Å².